The van der Waals surface area contributed by atoms with Crippen LogP contribution in [-0.4, -0.2) is 47.2 Å². The summed E-state index contributed by atoms with van der Waals surface area (Å²) >= 11 is 0. The first-order valence-corrected chi connectivity index (χ1v) is 7.10. The minimum Gasteiger partial charge on any atom is -0.368 e. The van der Waals surface area contributed by atoms with Gasteiger partial charge in [-0.1, -0.05) is 6.92 Å². The van der Waals surface area contributed by atoms with Crippen LogP contribution >= 0.6 is 0 Å². The predicted octanol–water partition coefficient (Wildman–Crippen LogP) is 1.15. The average Bonchev–Trinajstić information content (AvgIpc) is 2.39. The Morgan fingerprint density at radius 3 is 3.16 bits per heavy atom. The van der Waals surface area contributed by atoms with Gasteiger partial charge in [-0.05, 0) is 26.0 Å². The van der Waals surface area contributed by atoms with Crippen LogP contribution in [-0.2, 0) is 11.2 Å². The van der Waals surface area contributed by atoms with Crippen LogP contribution in [0.2, 0.25) is 0 Å². The monoisotopic (exact) mass is 264 g/mol. The second-order valence-corrected chi connectivity index (χ2v) is 5.25. The lowest BCUT2D eigenvalue weighted by molar-refractivity contribution is -0.0343. The van der Waals surface area contributed by atoms with E-state index in [1.165, 1.54) is 0 Å². The number of hydrogen-bond donors (Lipinski definition) is 1. The summed E-state index contributed by atoms with van der Waals surface area (Å²) in [6.07, 6.45) is 3.75. The van der Waals surface area contributed by atoms with Crippen molar-refractivity contribution < 1.29 is 4.74 Å². The molecular weight excluding hydrogens is 240 g/mol. The van der Waals surface area contributed by atoms with Crippen molar-refractivity contribution in [2.24, 2.45) is 5.73 Å². The Kier molecular flexibility index (Phi) is 5.24. The summed E-state index contributed by atoms with van der Waals surface area (Å²) in [6, 6.07) is 2.05. The van der Waals surface area contributed by atoms with E-state index < -0.39 is 0 Å². The molecule has 0 aromatic carbocycles. The molecule has 106 valence electrons. The molecule has 1 aliphatic rings. The van der Waals surface area contributed by atoms with Crippen LogP contribution in [0.25, 0.3) is 0 Å². The van der Waals surface area contributed by atoms with E-state index in [9.17, 15) is 0 Å². The van der Waals surface area contributed by atoms with E-state index in [2.05, 4.69) is 21.8 Å². The minimum atomic E-state index is -0.00618. The Bertz CT molecular complexity index is 395. The first-order valence-electron chi connectivity index (χ1n) is 7.10. The molecule has 0 aliphatic carbocycles. The highest BCUT2D eigenvalue weighted by atomic mass is 16.5. The van der Waals surface area contributed by atoms with Crippen molar-refractivity contribution >= 4 is 0 Å². The fourth-order valence-corrected chi connectivity index (χ4v) is 2.39. The van der Waals surface area contributed by atoms with Crippen molar-refractivity contribution in [3.8, 4) is 0 Å². The molecule has 5 heteroatoms. The fraction of sp³-hybridized carbons (Fsp3) is 0.714. The molecule has 2 atom stereocenters. The number of nitrogens with zero attached hydrogens (tertiary/aromatic N) is 3. The van der Waals surface area contributed by atoms with Crippen molar-refractivity contribution in [3.05, 3.63) is 23.8 Å². The van der Waals surface area contributed by atoms with Crippen molar-refractivity contribution in [1.82, 2.24) is 14.9 Å². The van der Waals surface area contributed by atoms with Gasteiger partial charge >= 0.3 is 0 Å². The van der Waals surface area contributed by atoms with Gasteiger partial charge in [0.25, 0.3) is 0 Å². The molecule has 2 unspecified atom stereocenters. The van der Waals surface area contributed by atoms with Crippen LogP contribution in [0, 0.1) is 0 Å². The minimum absolute atomic E-state index is 0.00618. The van der Waals surface area contributed by atoms with Gasteiger partial charge in [0.1, 0.15) is 6.10 Å². The highest BCUT2D eigenvalue weighted by molar-refractivity contribution is 5.06. The summed E-state index contributed by atoms with van der Waals surface area (Å²) in [7, 11) is 0. The Labute approximate surface area is 115 Å². The van der Waals surface area contributed by atoms with Crippen molar-refractivity contribution in [2.45, 2.75) is 38.8 Å². The molecule has 0 bridgehead atoms. The third-order valence-corrected chi connectivity index (χ3v) is 3.24. The lowest BCUT2D eigenvalue weighted by atomic mass is 10.2. The lowest BCUT2D eigenvalue weighted by Crippen LogP contribution is -2.39. The summed E-state index contributed by atoms with van der Waals surface area (Å²) < 4.78 is 5.80. The Morgan fingerprint density at radius 2 is 2.42 bits per heavy atom. The molecule has 0 saturated carbocycles. The quantitative estimate of drug-likeness (QED) is 0.864. The highest BCUT2D eigenvalue weighted by Gasteiger charge is 2.23. The van der Waals surface area contributed by atoms with Crippen LogP contribution in [0.5, 0.6) is 0 Å². The maximum absolute atomic E-state index is 5.81. The second kappa shape index (κ2) is 6.93. The van der Waals surface area contributed by atoms with E-state index >= 15 is 0 Å². The molecule has 1 aromatic rings. The van der Waals surface area contributed by atoms with Crippen molar-refractivity contribution in [1.29, 1.82) is 0 Å². The van der Waals surface area contributed by atoms with Gasteiger partial charge in [0.2, 0.25) is 0 Å². The maximum Gasteiger partial charge on any atom is 0.158 e. The lowest BCUT2D eigenvalue weighted by Gasteiger charge is -2.31. The summed E-state index contributed by atoms with van der Waals surface area (Å²) in [4.78, 5) is 11.4. The molecule has 1 aliphatic heterocycles. The van der Waals surface area contributed by atoms with Crippen LogP contribution < -0.4 is 5.73 Å². The van der Waals surface area contributed by atoms with Gasteiger partial charge in [0.05, 0.1) is 6.61 Å². The number of rotatable bonds is 5. The third-order valence-electron chi connectivity index (χ3n) is 3.24. The Hall–Kier alpha value is -1.04. The third kappa shape index (κ3) is 4.23. The second-order valence-electron chi connectivity index (χ2n) is 5.25. The van der Waals surface area contributed by atoms with Crippen LogP contribution in [0.1, 0.15) is 37.9 Å². The number of nitrogens with two attached hydrogens (primary N) is 1. The van der Waals surface area contributed by atoms with Gasteiger partial charge in [-0.2, -0.15) is 0 Å². The molecule has 0 amide bonds. The largest absolute Gasteiger partial charge is 0.368 e. The molecule has 19 heavy (non-hydrogen) atoms. The van der Waals surface area contributed by atoms with Crippen LogP contribution in [0.3, 0.4) is 0 Å². The number of hydrogen-bond acceptors (Lipinski definition) is 5. The Morgan fingerprint density at radius 1 is 1.58 bits per heavy atom. The van der Waals surface area contributed by atoms with E-state index in [0.29, 0.717) is 0 Å². The molecule has 1 fully saturated rings. The predicted molar refractivity (Wildman–Crippen MR) is 74.8 cm³/mol. The SMILES string of the molecule is CCCN1CCOC(c2nccc(CC(C)N)n2)C1. The van der Waals surface area contributed by atoms with Gasteiger partial charge in [0, 0.05) is 37.4 Å². The fourth-order valence-electron chi connectivity index (χ4n) is 2.39. The van der Waals surface area contributed by atoms with E-state index in [1.54, 1.807) is 0 Å². The maximum atomic E-state index is 5.81. The summed E-state index contributed by atoms with van der Waals surface area (Å²) in [5.74, 6) is 0.791. The molecule has 0 spiro atoms. The summed E-state index contributed by atoms with van der Waals surface area (Å²) in [5.41, 5.74) is 6.81. The zero-order chi connectivity index (χ0) is 13.7. The zero-order valence-corrected chi connectivity index (χ0v) is 11.9. The normalized spacial score (nSPS) is 22.4. The van der Waals surface area contributed by atoms with E-state index in [4.69, 9.17) is 10.5 Å². The molecule has 0 radical (unpaired) electrons. The molecule has 1 saturated heterocycles. The van der Waals surface area contributed by atoms with Crippen molar-refractivity contribution in [3.63, 3.8) is 0 Å². The molecule has 2 N–H and O–H groups in total. The molecule has 1 aromatic heterocycles. The van der Waals surface area contributed by atoms with Gasteiger partial charge in [0.15, 0.2) is 5.82 Å². The van der Waals surface area contributed by atoms with Gasteiger partial charge < -0.3 is 10.5 Å². The van der Waals surface area contributed by atoms with Crippen LogP contribution in [0.4, 0.5) is 0 Å². The van der Waals surface area contributed by atoms with E-state index in [1.807, 2.05) is 19.2 Å². The Balaban J connectivity index is 2.04. The first kappa shape index (κ1) is 14.4. The summed E-state index contributed by atoms with van der Waals surface area (Å²) in [6.45, 7) is 7.94. The van der Waals surface area contributed by atoms with Gasteiger partial charge in [-0.15, -0.1) is 0 Å². The van der Waals surface area contributed by atoms with Crippen LogP contribution in [0.15, 0.2) is 12.3 Å². The number of morpholine rings is 1. The van der Waals surface area contributed by atoms with E-state index in [0.717, 1.165) is 50.6 Å². The zero-order valence-electron chi connectivity index (χ0n) is 11.9. The topological polar surface area (TPSA) is 64.3 Å². The smallest absolute Gasteiger partial charge is 0.158 e. The average molecular weight is 264 g/mol. The molecule has 5 nitrogen and oxygen atoms in total. The summed E-state index contributed by atoms with van der Waals surface area (Å²) in [5, 5.41) is 0. The standard InChI is InChI=1S/C14H24N4O/c1-3-6-18-7-8-19-13(10-18)14-16-5-4-12(17-14)9-11(2)15/h4-5,11,13H,3,6-10,15H2,1-2H3. The van der Waals surface area contributed by atoms with E-state index in [-0.39, 0.29) is 12.1 Å². The number of ether oxygens (including phenoxy) is 1. The first-order chi connectivity index (χ1) is 9.19. The molecule has 2 rings (SSSR count). The number of aromatic nitrogens is 2. The molecule has 2 heterocycles. The van der Waals surface area contributed by atoms with Crippen molar-refractivity contribution in [2.75, 3.05) is 26.2 Å². The molecular formula is C14H24N4O. The van der Waals surface area contributed by atoms with Gasteiger partial charge in [-0.3, -0.25) is 4.90 Å². The van der Waals surface area contributed by atoms with Gasteiger partial charge in [-0.25, -0.2) is 9.97 Å². The highest BCUT2D eigenvalue weighted by Crippen LogP contribution is 2.19.